The summed E-state index contributed by atoms with van der Waals surface area (Å²) < 4.78 is 0. The molecule has 23 heavy (non-hydrogen) atoms. The molecule has 0 saturated heterocycles. The molecule has 0 aliphatic rings. The van der Waals surface area contributed by atoms with Crippen molar-refractivity contribution in [2.75, 3.05) is 20.6 Å². The highest BCUT2D eigenvalue weighted by molar-refractivity contribution is 7.10. The maximum absolute atomic E-state index is 12.8. The number of carbonyl (C=O) groups excluding carboxylic acids is 1. The van der Waals surface area contributed by atoms with Crippen LogP contribution in [0.15, 0.2) is 47.8 Å². The van der Waals surface area contributed by atoms with Crippen molar-refractivity contribution in [1.82, 2.24) is 9.80 Å². The Morgan fingerprint density at radius 3 is 2.43 bits per heavy atom. The number of amides is 1. The van der Waals surface area contributed by atoms with E-state index in [9.17, 15) is 9.90 Å². The minimum absolute atomic E-state index is 0.0226. The van der Waals surface area contributed by atoms with E-state index in [1.807, 2.05) is 73.8 Å². The second-order valence-electron chi connectivity index (χ2n) is 5.88. The topological polar surface area (TPSA) is 43.8 Å². The van der Waals surface area contributed by atoms with E-state index in [1.54, 1.807) is 4.90 Å². The van der Waals surface area contributed by atoms with Gasteiger partial charge in [0.25, 0.3) is 0 Å². The Morgan fingerprint density at radius 2 is 1.87 bits per heavy atom. The average Bonchev–Trinajstić information content (AvgIpc) is 3.08. The third-order valence-electron chi connectivity index (χ3n) is 3.92. The predicted octanol–water partition coefficient (Wildman–Crippen LogP) is 2.76. The molecule has 0 radical (unpaired) electrons. The summed E-state index contributed by atoms with van der Waals surface area (Å²) in [6.45, 7) is 2.69. The second kappa shape index (κ2) is 8.24. The van der Waals surface area contributed by atoms with Gasteiger partial charge in [-0.05, 0) is 38.0 Å². The molecule has 0 saturated carbocycles. The van der Waals surface area contributed by atoms with Crippen molar-refractivity contribution < 1.29 is 9.90 Å². The quantitative estimate of drug-likeness (QED) is 0.848. The Morgan fingerprint density at radius 1 is 1.17 bits per heavy atom. The molecule has 124 valence electrons. The summed E-state index contributed by atoms with van der Waals surface area (Å²) in [7, 11) is 3.78. The molecule has 1 unspecified atom stereocenters. The lowest BCUT2D eigenvalue weighted by Crippen LogP contribution is -2.45. The lowest BCUT2D eigenvalue weighted by Gasteiger charge is -2.30. The summed E-state index contributed by atoms with van der Waals surface area (Å²) in [4.78, 5) is 17.3. The van der Waals surface area contributed by atoms with E-state index in [0.717, 1.165) is 10.4 Å². The first-order valence-electron chi connectivity index (χ1n) is 7.69. The number of thiophene rings is 1. The summed E-state index contributed by atoms with van der Waals surface area (Å²) in [5.41, 5.74) is 1.06. The van der Waals surface area contributed by atoms with Crippen LogP contribution in [0.4, 0.5) is 0 Å². The van der Waals surface area contributed by atoms with Crippen LogP contribution in [0.25, 0.3) is 0 Å². The number of likely N-dealkylation sites (N-methyl/N-ethyl adjacent to an activating group) is 1. The number of aliphatic hydroxyl groups is 1. The molecule has 0 bridgehead atoms. The molecular weight excluding hydrogens is 308 g/mol. The van der Waals surface area contributed by atoms with Crippen molar-refractivity contribution in [3.05, 3.63) is 58.3 Å². The maximum atomic E-state index is 12.8. The van der Waals surface area contributed by atoms with Gasteiger partial charge in [0.1, 0.15) is 6.10 Å². The first kappa shape index (κ1) is 17.7. The van der Waals surface area contributed by atoms with Crippen LogP contribution < -0.4 is 0 Å². The molecular formula is C18H24N2O2S. The number of hydrogen-bond acceptors (Lipinski definition) is 4. The van der Waals surface area contributed by atoms with Gasteiger partial charge in [-0.15, -0.1) is 11.3 Å². The van der Waals surface area contributed by atoms with Crippen LogP contribution in [-0.4, -0.2) is 47.5 Å². The van der Waals surface area contributed by atoms with E-state index >= 15 is 0 Å². The highest BCUT2D eigenvalue weighted by Gasteiger charge is 2.25. The lowest BCUT2D eigenvalue weighted by atomic mass is 10.1. The van der Waals surface area contributed by atoms with Crippen LogP contribution in [0.1, 0.15) is 23.5 Å². The van der Waals surface area contributed by atoms with E-state index in [2.05, 4.69) is 0 Å². The summed E-state index contributed by atoms with van der Waals surface area (Å²) in [6, 6.07) is 13.5. The van der Waals surface area contributed by atoms with E-state index in [1.165, 1.54) is 11.3 Å². The summed E-state index contributed by atoms with van der Waals surface area (Å²) >= 11 is 1.51. The van der Waals surface area contributed by atoms with Crippen molar-refractivity contribution >= 4 is 17.2 Å². The zero-order valence-corrected chi connectivity index (χ0v) is 14.7. The largest absolute Gasteiger partial charge is 0.386 e. The molecule has 1 aromatic heterocycles. The van der Waals surface area contributed by atoms with Crippen LogP contribution in [0.3, 0.4) is 0 Å². The number of carbonyl (C=O) groups is 1. The number of nitrogens with zero attached hydrogens (tertiary/aromatic N) is 2. The van der Waals surface area contributed by atoms with Crippen molar-refractivity contribution in [2.24, 2.45) is 0 Å². The molecule has 0 fully saturated rings. The summed E-state index contributed by atoms with van der Waals surface area (Å²) in [5, 5.41) is 12.4. The van der Waals surface area contributed by atoms with Crippen molar-refractivity contribution in [2.45, 2.75) is 25.6 Å². The summed E-state index contributed by atoms with van der Waals surface area (Å²) in [5.74, 6) is 0.0226. The molecule has 1 N–H and O–H groups in total. The first-order chi connectivity index (χ1) is 11.0. The zero-order chi connectivity index (χ0) is 16.8. The van der Waals surface area contributed by atoms with Gasteiger partial charge in [-0.1, -0.05) is 36.4 Å². The van der Waals surface area contributed by atoms with E-state index in [0.29, 0.717) is 13.1 Å². The van der Waals surface area contributed by atoms with Crippen LogP contribution in [0.2, 0.25) is 0 Å². The van der Waals surface area contributed by atoms with E-state index in [-0.39, 0.29) is 11.9 Å². The Hall–Kier alpha value is -1.69. The Bertz CT molecular complexity index is 599. The molecule has 4 nitrogen and oxygen atoms in total. The Balaban J connectivity index is 2.15. The Labute approximate surface area is 142 Å². The van der Waals surface area contributed by atoms with Gasteiger partial charge in [-0.3, -0.25) is 9.69 Å². The molecule has 1 aromatic carbocycles. The Kier molecular flexibility index (Phi) is 6.33. The molecule has 2 aromatic rings. The lowest BCUT2D eigenvalue weighted by molar-refractivity contribution is -0.137. The van der Waals surface area contributed by atoms with Gasteiger partial charge >= 0.3 is 0 Å². The highest BCUT2D eigenvalue weighted by Crippen LogP contribution is 2.21. The fraction of sp³-hybridized carbons (Fsp3) is 0.389. The first-order valence-corrected chi connectivity index (χ1v) is 8.57. The van der Waals surface area contributed by atoms with Crippen molar-refractivity contribution in [3.8, 4) is 0 Å². The van der Waals surface area contributed by atoms with Crippen LogP contribution >= 0.6 is 11.3 Å². The van der Waals surface area contributed by atoms with Crippen LogP contribution in [0, 0.1) is 0 Å². The normalized spacial score (nSPS) is 13.8. The SMILES string of the molecule is C[C@@H](C(=O)N(Cc1ccccc1)CC(O)c1cccs1)N(C)C. The van der Waals surface area contributed by atoms with Gasteiger partial charge in [0.05, 0.1) is 12.6 Å². The number of rotatable bonds is 7. The van der Waals surface area contributed by atoms with Crippen LogP contribution in [-0.2, 0) is 11.3 Å². The molecule has 0 spiro atoms. The molecule has 0 aliphatic carbocycles. The standard InChI is InChI=1S/C18H24N2O2S/c1-14(19(2)3)18(22)20(12-15-8-5-4-6-9-15)13-16(21)17-10-7-11-23-17/h4-11,14,16,21H,12-13H2,1-3H3/t14-,16?/m0/s1. The predicted molar refractivity (Wildman–Crippen MR) is 94.3 cm³/mol. The maximum Gasteiger partial charge on any atom is 0.240 e. The molecule has 2 atom stereocenters. The molecule has 5 heteroatoms. The molecule has 0 aliphatic heterocycles. The van der Waals surface area contributed by atoms with Crippen molar-refractivity contribution in [3.63, 3.8) is 0 Å². The van der Waals surface area contributed by atoms with Gasteiger partial charge in [-0.2, -0.15) is 0 Å². The minimum atomic E-state index is -0.656. The van der Waals surface area contributed by atoms with Gasteiger partial charge in [0.2, 0.25) is 5.91 Å². The molecule has 1 heterocycles. The van der Waals surface area contributed by atoms with Gasteiger partial charge in [-0.25, -0.2) is 0 Å². The van der Waals surface area contributed by atoms with Crippen LogP contribution in [0.5, 0.6) is 0 Å². The summed E-state index contributed by atoms with van der Waals surface area (Å²) in [6.07, 6.45) is -0.656. The fourth-order valence-electron chi connectivity index (χ4n) is 2.30. The van der Waals surface area contributed by atoms with E-state index < -0.39 is 6.10 Å². The highest BCUT2D eigenvalue weighted by atomic mass is 32.1. The number of hydrogen-bond donors (Lipinski definition) is 1. The monoisotopic (exact) mass is 332 g/mol. The number of aliphatic hydroxyl groups excluding tert-OH is 1. The third-order valence-corrected chi connectivity index (χ3v) is 4.90. The zero-order valence-electron chi connectivity index (χ0n) is 13.8. The van der Waals surface area contributed by atoms with Gasteiger partial charge < -0.3 is 10.0 Å². The minimum Gasteiger partial charge on any atom is -0.386 e. The van der Waals surface area contributed by atoms with Crippen molar-refractivity contribution in [1.29, 1.82) is 0 Å². The average molecular weight is 332 g/mol. The van der Waals surface area contributed by atoms with E-state index in [4.69, 9.17) is 0 Å². The molecule has 2 rings (SSSR count). The van der Waals surface area contributed by atoms with Gasteiger partial charge in [0.15, 0.2) is 0 Å². The second-order valence-corrected chi connectivity index (χ2v) is 6.85. The third kappa shape index (κ3) is 4.89. The smallest absolute Gasteiger partial charge is 0.240 e. The van der Waals surface area contributed by atoms with Gasteiger partial charge in [0, 0.05) is 11.4 Å². The molecule has 1 amide bonds. The number of benzene rings is 1. The fourth-order valence-corrected chi connectivity index (χ4v) is 3.00.